The summed E-state index contributed by atoms with van der Waals surface area (Å²) in [5.74, 6) is 0.924. The molecule has 0 saturated heterocycles. The molecule has 0 radical (unpaired) electrons. The second kappa shape index (κ2) is 8.07. The van der Waals surface area contributed by atoms with Gasteiger partial charge in [-0.15, -0.1) is 0 Å². The third kappa shape index (κ3) is 5.18. The van der Waals surface area contributed by atoms with Gasteiger partial charge in [0.1, 0.15) is 5.75 Å². The number of pyridine rings is 1. The first-order chi connectivity index (χ1) is 8.27. The monoisotopic (exact) mass is 236 g/mol. The minimum Gasteiger partial charge on any atom is -0.492 e. The lowest BCUT2D eigenvalue weighted by atomic mass is 10.2. The smallest absolute Gasteiger partial charge is 0.142 e. The molecule has 1 N–H and O–H groups in total. The average Bonchev–Trinajstić information content (AvgIpc) is 2.32. The van der Waals surface area contributed by atoms with Crippen LogP contribution in [0.25, 0.3) is 0 Å². The molecule has 1 aromatic rings. The van der Waals surface area contributed by atoms with E-state index in [4.69, 9.17) is 4.74 Å². The summed E-state index contributed by atoms with van der Waals surface area (Å²) in [4.78, 5) is 4.54. The molecule has 1 heterocycles. The van der Waals surface area contributed by atoms with Crippen molar-refractivity contribution < 1.29 is 4.74 Å². The van der Waals surface area contributed by atoms with E-state index in [9.17, 15) is 0 Å². The first kappa shape index (κ1) is 14.0. The molecular formula is C14H24N2O. The fraction of sp³-hybridized carbons (Fsp3) is 0.643. The van der Waals surface area contributed by atoms with Gasteiger partial charge in [0.15, 0.2) is 0 Å². The zero-order chi connectivity index (χ0) is 12.5. The molecule has 0 spiro atoms. The number of nitrogens with one attached hydrogen (secondary N) is 1. The van der Waals surface area contributed by atoms with Crippen molar-refractivity contribution in [2.45, 2.75) is 46.6 Å². The molecule has 0 aliphatic carbocycles. The fourth-order valence-corrected chi connectivity index (χ4v) is 1.57. The zero-order valence-corrected chi connectivity index (χ0v) is 11.3. The summed E-state index contributed by atoms with van der Waals surface area (Å²) in [7, 11) is 0. The van der Waals surface area contributed by atoms with E-state index in [0.29, 0.717) is 0 Å². The number of unbranched alkanes of at least 4 members (excludes halogenated alkanes) is 1. The first-order valence-electron chi connectivity index (χ1n) is 6.58. The van der Waals surface area contributed by atoms with Crippen molar-refractivity contribution in [2.75, 3.05) is 13.2 Å². The van der Waals surface area contributed by atoms with Gasteiger partial charge in [-0.2, -0.15) is 0 Å². The number of hydrogen-bond donors (Lipinski definition) is 1. The van der Waals surface area contributed by atoms with Crippen molar-refractivity contribution >= 4 is 0 Å². The maximum Gasteiger partial charge on any atom is 0.142 e. The van der Waals surface area contributed by atoms with E-state index in [1.54, 1.807) is 0 Å². The van der Waals surface area contributed by atoms with E-state index in [1.165, 1.54) is 0 Å². The Morgan fingerprint density at radius 1 is 1.24 bits per heavy atom. The van der Waals surface area contributed by atoms with E-state index in [1.807, 2.05) is 19.1 Å². The molecule has 0 atom stereocenters. The SMILES string of the molecule is CCCCOc1ccc(C)nc1CNCCC. The van der Waals surface area contributed by atoms with Gasteiger partial charge >= 0.3 is 0 Å². The summed E-state index contributed by atoms with van der Waals surface area (Å²) in [5.41, 5.74) is 2.07. The summed E-state index contributed by atoms with van der Waals surface area (Å²) in [6.45, 7) is 8.93. The topological polar surface area (TPSA) is 34.1 Å². The summed E-state index contributed by atoms with van der Waals surface area (Å²) < 4.78 is 5.76. The number of nitrogens with zero attached hydrogens (tertiary/aromatic N) is 1. The summed E-state index contributed by atoms with van der Waals surface area (Å²) in [5, 5.41) is 3.37. The summed E-state index contributed by atoms with van der Waals surface area (Å²) in [6.07, 6.45) is 3.39. The molecule has 0 unspecified atom stereocenters. The van der Waals surface area contributed by atoms with Crippen LogP contribution >= 0.6 is 0 Å². The van der Waals surface area contributed by atoms with Crippen LogP contribution in [0.15, 0.2) is 12.1 Å². The quantitative estimate of drug-likeness (QED) is 0.704. The second-order valence-electron chi connectivity index (χ2n) is 4.28. The van der Waals surface area contributed by atoms with Gasteiger partial charge in [0.2, 0.25) is 0 Å². The molecule has 0 amide bonds. The highest BCUT2D eigenvalue weighted by Crippen LogP contribution is 2.17. The maximum absolute atomic E-state index is 5.76. The largest absolute Gasteiger partial charge is 0.492 e. The van der Waals surface area contributed by atoms with E-state index in [2.05, 4.69) is 24.1 Å². The number of aryl methyl sites for hydroxylation is 1. The fourth-order valence-electron chi connectivity index (χ4n) is 1.57. The van der Waals surface area contributed by atoms with E-state index < -0.39 is 0 Å². The van der Waals surface area contributed by atoms with Gasteiger partial charge in [-0.25, -0.2) is 0 Å². The average molecular weight is 236 g/mol. The molecule has 17 heavy (non-hydrogen) atoms. The van der Waals surface area contributed by atoms with Gasteiger partial charge in [-0.05, 0) is 38.4 Å². The molecule has 3 nitrogen and oxygen atoms in total. The molecule has 0 bridgehead atoms. The highest BCUT2D eigenvalue weighted by atomic mass is 16.5. The second-order valence-corrected chi connectivity index (χ2v) is 4.28. The third-order valence-corrected chi connectivity index (χ3v) is 2.55. The van der Waals surface area contributed by atoms with Crippen LogP contribution in [0, 0.1) is 6.92 Å². The highest BCUT2D eigenvalue weighted by molar-refractivity contribution is 5.29. The Bertz CT molecular complexity index is 326. The molecule has 0 aliphatic rings. The van der Waals surface area contributed by atoms with E-state index in [0.717, 1.165) is 56.1 Å². The van der Waals surface area contributed by atoms with Crippen molar-refractivity contribution in [2.24, 2.45) is 0 Å². The molecule has 0 aromatic carbocycles. The van der Waals surface area contributed by atoms with Crippen LogP contribution in [0.5, 0.6) is 5.75 Å². The Morgan fingerprint density at radius 3 is 2.76 bits per heavy atom. The first-order valence-corrected chi connectivity index (χ1v) is 6.58. The standard InChI is InChI=1S/C14H24N2O/c1-4-6-10-17-14-8-7-12(3)16-13(14)11-15-9-5-2/h7-8,15H,4-6,9-11H2,1-3H3. The van der Waals surface area contributed by atoms with E-state index in [-0.39, 0.29) is 0 Å². The predicted octanol–water partition coefficient (Wildman–Crippen LogP) is 3.07. The van der Waals surface area contributed by atoms with Crippen molar-refractivity contribution in [3.05, 3.63) is 23.5 Å². The Labute approximate surface area is 105 Å². The van der Waals surface area contributed by atoms with Crippen LogP contribution in [0.4, 0.5) is 0 Å². The van der Waals surface area contributed by atoms with Crippen LogP contribution in [0.2, 0.25) is 0 Å². The van der Waals surface area contributed by atoms with Crippen LogP contribution in [0.1, 0.15) is 44.5 Å². The summed E-state index contributed by atoms with van der Waals surface area (Å²) in [6, 6.07) is 4.03. The zero-order valence-electron chi connectivity index (χ0n) is 11.3. The minimum atomic E-state index is 0.780. The predicted molar refractivity (Wildman–Crippen MR) is 71.4 cm³/mol. The molecule has 1 rings (SSSR count). The molecule has 96 valence electrons. The Kier molecular flexibility index (Phi) is 6.63. The van der Waals surface area contributed by atoms with Gasteiger partial charge < -0.3 is 10.1 Å². The van der Waals surface area contributed by atoms with Crippen molar-refractivity contribution in [3.63, 3.8) is 0 Å². The van der Waals surface area contributed by atoms with Gasteiger partial charge in [-0.3, -0.25) is 4.98 Å². The summed E-state index contributed by atoms with van der Waals surface area (Å²) >= 11 is 0. The Morgan fingerprint density at radius 2 is 2.06 bits per heavy atom. The van der Waals surface area contributed by atoms with Crippen LogP contribution < -0.4 is 10.1 Å². The van der Waals surface area contributed by atoms with Gasteiger partial charge in [0, 0.05) is 12.2 Å². The lowest BCUT2D eigenvalue weighted by Gasteiger charge is -2.11. The lowest BCUT2D eigenvalue weighted by molar-refractivity contribution is 0.303. The maximum atomic E-state index is 5.76. The number of aromatic nitrogens is 1. The number of hydrogen-bond acceptors (Lipinski definition) is 3. The molecule has 1 aromatic heterocycles. The van der Waals surface area contributed by atoms with Crippen molar-refractivity contribution in [1.29, 1.82) is 0 Å². The molecule has 3 heteroatoms. The van der Waals surface area contributed by atoms with E-state index >= 15 is 0 Å². The normalized spacial score (nSPS) is 10.5. The third-order valence-electron chi connectivity index (χ3n) is 2.55. The van der Waals surface area contributed by atoms with Gasteiger partial charge in [0.25, 0.3) is 0 Å². The molecule has 0 fully saturated rings. The van der Waals surface area contributed by atoms with Crippen LogP contribution in [-0.4, -0.2) is 18.1 Å². The Hall–Kier alpha value is -1.09. The lowest BCUT2D eigenvalue weighted by Crippen LogP contribution is -2.16. The number of ether oxygens (including phenoxy) is 1. The van der Waals surface area contributed by atoms with Crippen molar-refractivity contribution in [1.82, 2.24) is 10.3 Å². The Balaban J connectivity index is 2.59. The number of rotatable bonds is 8. The molecular weight excluding hydrogens is 212 g/mol. The van der Waals surface area contributed by atoms with Crippen molar-refractivity contribution in [3.8, 4) is 5.75 Å². The van der Waals surface area contributed by atoms with Crippen LogP contribution in [-0.2, 0) is 6.54 Å². The molecule has 0 aliphatic heterocycles. The van der Waals surface area contributed by atoms with Gasteiger partial charge in [0.05, 0.1) is 12.3 Å². The minimum absolute atomic E-state index is 0.780. The molecule has 0 saturated carbocycles. The van der Waals surface area contributed by atoms with Gasteiger partial charge in [-0.1, -0.05) is 20.3 Å². The van der Waals surface area contributed by atoms with Crippen LogP contribution in [0.3, 0.4) is 0 Å². The highest BCUT2D eigenvalue weighted by Gasteiger charge is 2.05.